The maximum Gasteiger partial charge on any atom is 0.339 e. The summed E-state index contributed by atoms with van der Waals surface area (Å²) in [6.07, 6.45) is 0.0168. The number of hydrogen-bond acceptors (Lipinski definition) is 3. The molecule has 4 nitrogen and oxygen atoms in total. The Morgan fingerprint density at radius 1 is 1.12 bits per heavy atom. The number of hydrogen-bond donors (Lipinski definition) is 0. The summed E-state index contributed by atoms with van der Waals surface area (Å²) >= 11 is 0. The van der Waals surface area contributed by atoms with Gasteiger partial charge in [0.1, 0.15) is 0 Å². The lowest BCUT2D eigenvalue weighted by Crippen LogP contribution is -2.39. The zero-order valence-corrected chi connectivity index (χ0v) is 14.2. The molecule has 24 heavy (non-hydrogen) atoms. The van der Waals surface area contributed by atoms with E-state index in [2.05, 4.69) is 0 Å². The number of carbonyl (C=O) groups is 2. The largest absolute Gasteiger partial charge is 0.449 e. The number of aryl methyl sites for hydroxylation is 2. The first-order chi connectivity index (χ1) is 11.5. The third kappa shape index (κ3) is 3.04. The van der Waals surface area contributed by atoms with Gasteiger partial charge in [-0.15, -0.1) is 0 Å². The van der Waals surface area contributed by atoms with Crippen LogP contribution in [0.15, 0.2) is 42.5 Å². The molecule has 2 aromatic carbocycles. The van der Waals surface area contributed by atoms with E-state index >= 15 is 0 Å². The predicted octanol–water partition coefficient (Wildman–Crippen LogP) is 3.44. The maximum atomic E-state index is 12.7. The molecule has 1 unspecified atom stereocenters. The fourth-order valence-corrected chi connectivity index (χ4v) is 3.02. The van der Waals surface area contributed by atoms with E-state index in [9.17, 15) is 9.59 Å². The van der Waals surface area contributed by atoms with Crippen molar-refractivity contribution in [1.29, 1.82) is 0 Å². The molecule has 0 spiro atoms. The van der Waals surface area contributed by atoms with Crippen LogP contribution in [-0.2, 0) is 16.0 Å². The molecule has 1 aliphatic rings. The monoisotopic (exact) mass is 323 g/mol. The van der Waals surface area contributed by atoms with Crippen LogP contribution in [0, 0.1) is 13.8 Å². The molecule has 0 bridgehead atoms. The predicted molar refractivity (Wildman–Crippen MR) is 93.3 cm³/mol. The van der Waals surface area contributed by atoms with Crippen molar-refractivity contribution in [1.82, 2.24) is 0 Å². The van der Waals surface area contributed by atoms with Crippen molar-refractivity contribution in [3.8, 4) is 0 Å². The van der Waals surface area contributed by atoms with Crippen molar-refractivity contribution in [2.75, 3.05) is 11.4 Å². The normalized spacial score (nSPS) is 14.2. The maximum absolute atomic E-state index is 12.7. The third-order valence-electron chi connectivity index (χ3n) is 4.40. The first kappa shape index (κ1) is 16.2. The number of ether oxygens (including phenoxy) is 1. The number of rotatable bonds is 3. The molecule has 0 saturated heterocycles. The molecule has 1 aliphatic heterocycles. The van der Waals surface area contributed by atoms with Gasteiger partial charge in [-0.3, -0.25) is 4.79 Å². The number of fused-ring (bicyclic) bond motifs is 1. The van der Waals surface area contributed by atoms with E-state index in [1.807, 2.05) is 50.2 Å². The number of amides is 1. The zero-order valence-electron chi connectivity index (χ0n) is 14.2. The number of carbonyl (C=O) groups excluding carboxylic acids is 2. The lowest BCUT2D eigenvalue weighted by atomic mass is 10.1. The van der Waals surface area contributed by atoms with Gasteiger partial charge in [-0.2, -0.15) is 0 Å². The molecule has 0 fully saturated rings. The topological polar surface area (TPSA) is 46.6 Å². The van der Waals surface area contributed by atoms with Gasteiger partial charge in [0.25, 0.3) is 5.91 Å². The van der Waals surface area contributed by atoms with E-state index in [0.29, 0.717) is 12.1 Å². The third-order valence-corrected chi connectivity index (χ3v) is 4.40. The lowest BCUT2D eigenvalue weighted by molar-refractivity contribution is -0.126. The fraction of sp³-hybridized carbons (Fsp3) is 0.300. The molecule has 0 N–H and O–H groups in total. The van der Waals surface area contributed by atoms with Crippen molar-refractivity contribution >= 4 is 17.6 Å². The Morgan fingerprint density at radius 2 is 1.88 bits per heavy atom. The minimum atomic E-state index is -0.816. The van der Waals surface area contributed by atoms with Gasteiger partial charge in [-0.05, 0) is 50.5 Å². The van der Waals surface area contributed by atoms with Crippen LogP contribution >= 0.6 is 0 Å². The van der Waals surface area contributed by atoms with Crippen LogP contribution < -0.4 is 4.90 Å². The van der Waals surface area contributed by atoms with Gasteiger partial charge in [-0.25, -0.2) is 4.79 Å². The average molecular weight is 323 g/mol. The SMILES string of the molecule is Cc1ccc(C)c(C(=O)OC(C)C(=O)N2CCc3ccccc32)c1. The Kier molecular flexibility index (Phi) is 4.38. The van der Waals surface area contributed by atoms with Crippen molar-refractivity contribution in [3.05, 3.63) is 64.7 Å². The van der Waals surface area contributed by atoms with Gasteiger partial charge in [-0.1, -0.05) is 35.9 Å². The Morgan fingerprint density at radius 3 is 2.67 bits per heavy atom. The highest BCUT2D eigenvalue weighted by atomic mass is 16.5. The highest BCUT2D eigenvalue weighted by Gasteiger charge is 2.30. The van der Waals surface area contributed by atoms with Crippen LogP contribution in [0.5, 0.6) is 0 Å². The van der Waals surface area contributed by atoms with Crippen LogP contribution in [0.3, 0.4) is 0 Å². The summed E-state index contributed by atoms with van der Waals surface area (Å²) in [4.78, 5) is 26.8. The van der Waals surface area contributed by atoms with Gasteiger partial charge in [0.15, 0.2) is 6.10 Å². The van der Waals surface area contributed by atoms with Gasteiger partial charge in [0.2, 0.25) is 0 Å². The average Bonchev–Trinajstić information content (AvgIpc) is 3.00. The van der Waals surface area contributed by atoms with E-state index in [1.54, 1.807) is 17.9 Å². The smallest absolute Gasteiger partial charge is 0.339 e. The molecule has 2 aromatic rings. The molecule has 124 valence electrons. The summed E-state index contributed by atoms with van der Waals surface area (Å²) in [6.45, 7) is 6.04. The van der Waals surface area contributed by atoms with Crippen molar-refractivity contribution < 1.29 is 14.3 Å². The molecule has 1 heterocycles. The van der Waals surface area contributed by atoms with Crippen LogP contribution in [-0.4, -0.2) is 24.5 Å². The second kappa shape index (κ2) is 6.48. The van der Waals surface area contributed by atoms with E-state index < -0.39 is 12.1 Å². The number of esters is 1. The number of anilines is 1. The first-order valence-corrected chi connectivity index (χ1v) is 8.15. The Bertz CT molecular complexity index is 797. The van der Waals surface area contributed by atoms with Crippen LogP contribution in [0.1, 0.15) is 34.0 Å². The second-order valence-electron chi connectivity index (χ2n) is 6.23. The van der Waals surface area contributed by atoms with Crippen LogP contribution in [0.4, 0.5) is 5.69 Å². The van der Waals surface area contributed by atoms with Crippen LogP contribution in [0.25, 0.3) is 0 Å². The van der Waals surface area contributed by atoms with E-state index in [-0.39, 0.29) is 5.91 Å². The molecule has 4 heteroatoms. The summed E-state index contributed by atoms with van der Waals surface area (Å²) in [5, 5.41) is 0. The highest BCUT2D eigenvalue weighted by Crippen LogP contribution is 2.28. The fourth-order valence-electron chi connectivity index (χ4n) is 3.02. The van der Waals surface area contributed by atoms with Crippen molar-refractivity contribution in [3.63, 3.8) is 0 Å². The molecule has 1 atom stereocenters. The number of nitrogens with zero attached hydrogens (tertiary/aromatic N) is 1. The van der Waals surface area contributed by atoms with E-state index in [4.69, 9.17) is 4.74 Å². The first-order valence-electron chi connectivity index (χ1n) is 8.15. The summed E-state index contributed by atoms with van der Waals surface area (Å²) in [7, 11) is 0. The minimum Gasteiger partial charge on any atom is -0.449 e. The number of benzene rings is 2. The van der Waals surface area contributed by atoms with E-state index in [1.165, 1.54) is 0 Å². The molecular formula is C20H21NO3. The molecular weight excluding hydrogens is 302 g/mol. The van der Waals surface area contributed by atoms with Crippen molar-refractivity contribution in [2.24, 2.45) is 0 Å². The molecule has 1 amide bonds. The Balaban J connectivity index is 1.73. The summed E-state index contributed by atoms with van der Waals surface area (Å²) in [6, 6.07) is 13.5. The van der Waals surface area contributed by atoms with Gasteiger partial charge >= 0.3 is 5.97 Å². The van der Waals surface area contributed by atoms with Gasteiger partial charge in [0.05, 0.1) is 5.56 Å². The standard InChI is InChI=1S/C20H21NO3/c1-13-8-9-14(2)17(12-13)20(23)24-15(3)19(22)21-11-10-16-6-4-5-7-18(16)21/h4-9,12,15H,10-11H2,1-3H3. The molecule has 0 radical (unpaired) electrons. The molecule has 3 rings (SSSR count). The minimum absolute atomic E-state index is 0.182. The Hall–Kier alpha value is -2.62. The Labute approximate surface area is 142 Å². The quantitative estimate of drug-likeness (QED) is 0.813. The summed E-state index contributed by atoms with van der Waals surface area (Å²) in [5.74, 6) is -0.636. The van der Waals surface area contributed by atoms with Crippen molar-refractivity contribution in [2.45, 2.75) is 33.3 Å². The molecule has 0 aromatic heterocycles. The zero-order chi connectivity index (χ0) is 17.3. The van der Waals surface area contributed by atoms with Gasteiger partial charge in [0, 0.05) is 12.2 Å². The molecule has 0 aliphatic carbocycles. The summed E-state index contributed by atoms with van der Waals surface area (Å²) in [5.41, 5.74) is 4.41. The van der Waals surface area contributed by atoms with Crippen LogP contribution in [0.2, 0.25) is 0 Å². The highest BCUT2D eigenvalue weighted by molar-refractivity contribution is 6.00. The molecule has 0 saturated carbocycles. The van der Waals surface area contributed by atoms with E-state index in [0.717, 1.165) is 28.8 Å². The lowest BCUT2D eigenvalue weighted by Gasteiger charge is -2.22. The second-order valence-corrected chi connectivity index (χ2v) is 6.23. The number of para-hydroxylation sites is 1. The summed E-state index contributed by atoms with van der Waals surface area (Å²) < 4.78 is 5.43. The van der Waals surface area contributed by atoms with Gasteiger partial charge < -0.3 is 9.64 Å².